The fraction of sp³-hybridized carbons (Fsp3) is 0.176. The molecular formula is C17H16N6O2S. The molecule has 2 heterocycles. The van der Waals surface area contributed by atoms with Gasteiger partial charge in [0.1, 0.15) is 5.69 Å². The molecule has 1 N–H and O–H groups in total. The van der Waals surface area contributed by atoms with E-state index in [9.17, 15) is 9.59 Å². The van der Waals surface area contributed by atoms with Crippen LogP contribution >= 0.6 is 11.8 Å². The molecule has 8 nitrogen and oxygen atoms in total. The normalized spacial score (nSPS) is 10.5. The lowest BCUT2D eigenvalue weighted by atomic mass is 10.1. The van der Waals surface area contributed by atoms with Crippen molar-refractivity contribution >= 4 is 29.1 Å². The van der Waals surface area contributed by atoms with E-state index in [1.807, 2.05) is 7.05 Å². The molecule has 0 fully saturated rings. The maximum Gasteiger partial charge on any atom is 0.234 e. The molecule has 2 aromatic heterocycles. The number of anilines is 1. The van der Waals surface area contributed by atoms with E-state index in [0.29, 0.717) is 27.9 Å². The predicted molar refractivity (Wildman–Crippen MR) is 97.8 cm³/mol. The zero-order valence-corrected chi connectivity index (χ0v) is 15.0. The van der Waals surface area contributed by atoms with Gasteiger partial charge in [0.2, 0.25) is 5.91 Å². The van der Waals surface area contributed by atoms with Crippen LogP contribution in [0.1, 0.15) is 17.3 Å². The number of carbonyl (C=O) groups excluding carboxylic acids is 2. The van der Waals surface area contributed by atoms with Gasteiger partial charge in [0.15, 0.2) is 16.8 Å². The van der Waals surface area contributed by atoms with Crippen molar-refractivity contribution in [2.75, 3.05) is 11.1 Å². The molecule has 0 unspecified atom stereocenters. The minimum atomic E-state index is -0.172. The summed E-state index contributed by atoms with van der Waals surface area (Å²) in [5.41, 5.74) is 1.86. The molecule has 0 spiro atoms. The molecule has 0 saturated heterocycles. The number of carbonyl (C=O) groups is 2. The summed E-state index contributed by atoms with van der Waals surface area (Å²) in [5, 5.41) is 11.6. The van der Waals surface area contributed by atoms with Gasteiger partial charge in [0.25, 0.3) is 0 Å². The second-order valence-electron chi connectivity index (χ2n) is 5.43. The van der Waals surface area contributed by atoms with E-state index in [4.69, 9.17) is 0 Å². The molecule has 0 aliphatic heterocycles. The van der Waals surface area contributed by atoms with Gasteiger partial charge in [0, 0.05) is 30.7 Å². The molecule has 1 aromatic carbocycles. The highest BCUT2D eigenvalue weighted by Gasteiger charge is 2.14. The Labute approximate surface area is 154 Å². The number of hydrogen-bond acceptors (Lipinski definition) is 7. The van der Waals surface area contributed by atoms with Crippen molar-refractivity contribution in [3.8, 4) is 11.5 Å². The van der Waals surface area contributed by atoms with Gasteiger partial charge in [-0.2, -0.15) is 0 Å². The maximum atomic E-state index is 12.1. The number of hydrogen-bond donors (Lipinski definition) is 1. The fourth-order valence-electron chi connectivity index (χ4n) is 2.19. The summed E-state index contributed by atoms with van der Waals surface area (Å²) in [6.45, 7) is 1.50. The van der Waals surface area contributed by atoms with E-state index in [0.717, 1.165) is 0 Å². The molecule has 0 aliphatic rings. The first kappa shape index (κ1) is 17.7. The number of nitrogens with zero attached hydrogens (tertiary/aromatic N) is 5. The Balaban J connectivity index is 1.60. The maximum absolute atomic E-state index is 12.1. The first-order valence-electron chi connectivity index (χ1n) is 7.74. The number of benzene rings is 1. The van der Waals surface area contributed by atoms with Crippen LogP contribution in [0.25, 0.3) is 11.5 Å². The Bertz CT molecular complexity index is 924. The minimum Gasteiger partial charge on any atom is -0.325 e. The molecule has 9 heteroatoms. The number of rotatable bonds is 6. The van der Waals surface area contributed by atoms with Crippen molar-refractivity contribution in [1.29, 1.82) is 0 Å². The average Bonchev–Trinajstić information content (AvgIpc) is 3.02. The van der Waals surface area contributed by atoms with Gasteiger partial charge in [-0.25, -0.2) is 4.98 Å². The lowest BCUT2D eigenvalue weighted by Crippen LogP contribution is -2.14. The number of aromatic nitrogens is 5. The number of ketones is 1. The Kier molecular flexibility index (Phi) is 5.37. The van der Waals surface area contributed by atoms with Crippen LogP contribution in [0, 0.1) is 0 Å². The highest BCUT2D eigenvalue weighted by molar-refractivity contribution is 7.99. The number of Topliss-reactive ketones (excluding diaryl/α,β-unsaturated/α-hetero) is 1. The Morgan fingerprint density at radius 2 is 1.92 bits per heavy atom. The monoisotopic (exact) mass is 368 g/mol. The highest BCUT2D eigenvalue weighted by Crippen LogP contribution is 2.21. The van der Waals surface area contributed by atoms with Crippen molar-refractivity contribution in [1.82, 2.24) is 24.7 Å². The van der Waals surface area contributed by atoms with Crippen LogP contribution in [0.3, 0.4) is 0 Å². The first-order chi connectivity index (χ1) is 12.5. The van der Waals surface area contributed by atoms with Gasteiger partial charge in [-0.05, 0) is 31.2 Å². The van der Waals surface area contributed by atoms with Crippen molar-refractivity contribution in [2.45, 2.75) is 12.1 Å². The zero-order valence-electron chi connectivity index (χ0n) is 14.2. The summed E-state index contributed by atoms with van der Waals surface area (Å²) in [7, 11) is 1.81. The van der Waals surface area contributed by atoms with E-state index in [1.54, 1.807) is 47.4 Å². The molecule has 3 aromatic rings. The Morgan fingerprint density at radius 1 is 1.15 bits per heavy atom. The third-order valence-corrected chi connectivity index (χ3v) is 4.55. The van der Waals surface area contributed by atoms with Gasteiger partial charge in [0.05, 0.1) is 11.9 Å². The van der Waals surface area contributed by atoms with Crippen LogP contribution in [-0.4, -0.2) is 42.2 Å². The molecule has 0 radical (unpaired) electrons. The van der Waals surface area contributed by atoms with Gasteiger partial charge in [-0.3, -0.25) is 14.6 Å². The number of thioether (sulfide) groups is 1. The third-order valence-electron chi connectivity index (χ3n) is 3.53. The minimum absolute atomic E-state index is 0.0142. The molecular weight excluding hydrogens is 352 g/mol. The van der Waals surface area contributed by atoms with E-state index in [2.05, 4.69) is 25.5 Å². The lowest BCUT2D eigenvalue weighted by molar-refractivity contribution is -0.113. The summed E-state index contributed by atoms with van der Waals surface area (Å²) < 4.78 is 1.77. The number of nitrogens with one attached hydrogen (secondary N) is 1. The SMILES string of the molecule is CC(=O)c1ccc(NC(=O)CSc2nnc(-c3cnccn3)n2C)cc1. The first-order valence-corrected chi connectivity index (χ1v) is 8.72. The molecule has 3 rings (SSSR count). The fourth-order valence-corrected chi connectivity index (χ4v) is 2.90. The van der Waals surface area contributed by atoms with Crippen molar-refractivity contribution in [3.05, 3.63) is 48.4 Å². The van der Waals surface area contributed by atoms with Crippen molar-refractivity contribution in [2.24, 2.45) is 7.05 Å². The third kappa shape index (κ3) is 4.12. The predicted octanol–water partition coefficient (Wildman–Crippen LogP) is 2.21. The second kappa shape index (κ2) is 7.87. The Morgan fingerprint density at radius 3 is 2.58 bits per heavy atom. The second-order valence-corrected chi connectivity index (χ2v) is 6.37. The van der Waals surface area contributed by atoms with E-state index in [1.165, 1.54) is 18.7 Å². The molecule has 0 saturated carbocycles. The molecule has 26 heavy (non-hydrogen) atoms. The largest absolute Gasteiger partial charge is 0.325 e. The lowest BCUT2D eigenvalue weighted by Gasteiger charge is -2.06. The summed E-state index contributed by atoms with van der Waals surface area (Å²) >= 11 is 1.27. The van der Waals surface area contributed by atoms with Crippen LogP contribution in [0.2, 0.25) is 0 Å². The van der Waals surface area contributed by atoms with Gasteiger partial charge < -0.3 is 9.88 Å². The summed E-state index contributed by atoms with van der Waals surface area (Å²) in [6.07, 6.45) is 4.78. The topological polar surface area (TPSA) is 103 Å². The molecule has 0 atom stereocenters. The van der Waals surface area contributed by atoms with Gasteiger partial charge in [-0.15, -0.1) is 10.2 Å². The van der Waals surface area contributed by atoms with Crippen molar-refractivity contribution in [3.63, 3.8) is 0 Å². The van der Waals surface area contributed by atoms with E-state index >= 15 is 0 Å². The summed E-state index contributed by atoms with van der Waals surface area (Å²) in [4.78, 5) is 31.6. The number of amides is 1. The highest BCUT2D eigenvalue weighted by atomic mass is 32.2. The molecule has 0 bridgehead atoms. The molecule has 0 aliphatic carbocycles. The van der Waals surface area contributed by atoms with Gasteiger partial charge >= 0.3 is 0 Å². The smallest absolute Gasteiger partial charge is 0.234 e. The van der Waals surface area contributed by atoms with Crippen LogP contribution in [-0.2, 0) is 11.8 Å². The van der Waals surface area contributed by atoms with Gasteiger partial charge in [-0.1, -0.05) is 11.8 Å². The molecule has 1 amide bonds. The average molecular weight is 368 g/mol. The summed E-state index contributed by atoms with van der Waals surface area (Å²) in [6, 6.07) is 6.77. The van der Waals surface area contributed by atoms with E-state index in [-0.39, 0.29) is 17.4 Å². The van der Waals surface area contributed by atoms with E-state index < -0.39 is 0 Å². The molecule has 132 valence electrons. The zero-order chi connectivity index (χ0) is 18.5. The van der Waals surface area contributed by atoms with Crippen LogP contribution < -0.4 is 5.32 Å². The summed E-state index contributed by atoms with van der Waals surface area (Å²) in [5.74, 6) is 0.580. The van der Waals surface area contributed by atoms with Crippen molar-refractivity contribution < 1.29 is 9.59 Å². The quantitative estimate of drug-likeness (QED) is 0.525. The van der Waals surface area contributed by atoms with Crippen LogP contribution in [0.4, 0.5) is 5.69 Å². The van der Waals surface area contributed by atoms with Crippen LogP contribution in [0.15, 0.2) is 48.0 Å². The van der Waals surface area contributed by atoms with Crippen LogP contribution in [0.5, 0.6) is 0 Å². The standard InChI is InChI=1S/C17H16N6O2S/c1-11(24)12-3-5-13(6-4-12)20-15(25)10-26-17-22-21-16(23(17)2)14-9-18-7-8-19-14/h3-9H,10H2,1-2H3,(H,20,25). The Hall–Kier alpha value is -3.07.